The third kappa shape index (κ3) is 2.24. The fraction of sp³-hybridized carbons (Fsp3) is 0.357. The first-order valence-electron chi connectivity index (χ1n) is 5.84. The van der Waals surface area contributed by atoms with Gasteiger partial charge >= 0.3 is 0 Å². The Hall–Kier alpha value is -1.81. The maximum atomic E-state index is 5.30. The van der Waals surface area contributed by atoms with Crippen molar-refractivity contribution in [2.24, 2.45) is 0 Å². The number of nitrogens with zero attached hydrogens (tertiary/aromatic N) is 1. The van der Waals surface area contributed by atoms with E-state index < -0.39 is 0 Å². The summed E-state index contributed by atoms with van der Waals surface area (Å²) in [6.45, 7) is 2.55. The number of pyridine rings is 1. The van der Waals surface area contributed by atoms with E-state index in [0.717, 1.165) is 33.6 Å². The molecule has 2 aromatic rings. The lowest BCUT2D eigenvalue weighted by atomic mass is 10.1. The van der Waals surface area contributed by atoms with Gasteiger partial charge in [-0.2, -0.15) is 0 Å². The van der Waals surface area contributed by atoms with Crippen molar-refractivity contribution in [3.63, 3.8) is 0 Å². The molecule has 4 nitrogen and oxygen atoms in total. The van der Waals surface area contributed by atoms with Crippen LogP contribution in [0.2, 0.25) is 0 Å². The largest absolute Gasteiger partial charge is 0.497 e. The van der Waals surface area contributed by atoms with Gasteiger partial charge in [-0.25, -0.2) is 4.98 Å². The molecule has 0 saturated carbocycles. The van der Waals surface area contributed by atoms with Crippen LogP contribution in [0.5, 0.6) is 5.75 Å². The number of hydrogen-bond acceptors (Lipinski definition) is 4. The second-order valence-corrected chi connectivity index (χ2v) is 4.18. The van der Waals surface area contributed by atoms with Crippen molar-refractivity contribution >= 4 is 16.6 Å². The molecular formula is C14H18N2O2. The molecule has 0 saturated heterocycles. The first-order chi connectivity index (χ1) is 8.69. The summed E-state index contributed by atoms with van der Waals surface area (Å²) in [5.41, 5.74) is 4.03. The second-order valence-electron chi connectivity index (χ2n) is 4.18. The van der Waals surface area contributed by atoms with Gasteiger partial charge in [0.05, 0.1) is 24.9 Å². The lowest BCUT2D eigenvalue weighted by molar-refractivity contribution is 0.182. The number of ether oxygens (including phenoxy) is 2. The molecule has 4 heteroatoms. The monoisotopic (exact) mass is 246 g/mol. The molecule has 0 spiro atoms. The standard InChI is InChI=1S/C14H18N2O2/c1-9-5-11(18-4)7-12-13(15-2)6-10(8-17-3)16-14(9)12/h5-7H,8H2,1-4H3,(H,15,16). The molecule has 2 rings (SSSR count). The van der Waals surface area contributed by atoms with E-state index in [-0.39, 0.29) is 0 Å². The average Bonchev–Trinajstić information content (AvgIpc) is 2.38. The minimum Gasteiger partial charge on any atom is -0.497 e. The second kappa shape index (κ2) is 5.23. The Kier molecular flexibility index (Phi) is 3.67. The third-order valence-electron chi connectivity index (χ3n) is 2.93. The third-order valence-corrected chi connectivity index (χ3v) is 2.93. The molecule has 0 atom stereocenters. The van der Waals surface area contributed by atoms with Crippen LogP contribution in [0.1, 0.15) is 11.3 Å². The van der Waals surface area contributed by atoms with E-state index in [4.69, 9.17) is 9.47 Å². The normalized spacial score (nSPS) is 10.7. The Morgan fingerprint density at radius 1 is 1.22 bits per heavy atom. The molecule has 0 radical (unpaired) electrons. The minimum atomic E-state index is 0.510. The topological polar surface area (TPSA) is 43.4 Å². The van der Waals surface area contributed by atoms with Crippen LogP contribution < -0.4 is 10.1 Å². The highest BCUT2D eigenvalue weighted by molar-refractivity contribution is 5.94. The summed E-state index contributed by atoms with van der Waals surface area (Å²) in [5, 5.41) is 4.26. The molecule has 0 amide bonds. The number of fused-ring (bicyclic) bond motifs is 1. The summed E-state index contributed by atoms with van der Waals surface area (Å²) >= 11 is 0. The summed E-state index contributed by atoms with van der Waals surface area (Å²) in [4.78, 5) is 4.63. The van der Waals surface area contributed by atoms with E-state index in [1.807, 2.05) is 32.2 Å². The summed E-state index contributed by atoms with van der Waals surface area (Å²) in [7, 11) is 5.25. The Morgan fingerprint density at radius 3 is 2.61 bits per heavy atom. The lowest BCUT2D eigenvalue weighted by Crippen LogP contribution is -1.99. The number of nitrogens with one attached hydrogen (secondary N) is 1. The Labute approximate surface area is 107 Å². The van der Waals surface area contributed by atoms with E-state index in [9.17, 15) is 0 Å². The van der Waals surface area contributed by atoms with Gasteiger partial charge < -0.3 is 14.8 Å². The van der Waals surface area contributed by atoms with Crippen LogP contribution in [0.3, 0.4) is 0 Å². The van der Waals surface area contributed by atoms with E-state index in [0.29, 0.717) is 6.61 Å². The molecule has 0 aliphatic heterocycles. The number of rotatable bonds is 4. The molecule has 0 aliphatic carbocycles. The van der Waals surface area contributed by atoms with E-state index in [1.165, 1.54) is 0 Å². The van der Waals surface area contributed by atoms with Gasteiger partial charge in [0, 0.05) is 25.2 Å². The SMILES string of the molecule is CNc1cc(COC)nc2c(C)cc(OC)cc12. The zero-order valence-corrected chi connectivity index (χ0v) is 11.2. The van der Waals surface area contributed by atoms with Gasteiger partial charge in [-0.1, -0.05) is 0 Å². The molecule has 0 bridgehead atoms. The molecule has 1 aromatic carbocycles. The first kappa shape index (κ1) is 12.6. The van der Waals surface area contributed by atoms with Gasteiger partial charge in [0.15, 0.2) is 0 Å². The molecule has 0 unspecified atom stereocenters. The van der Waals surface area contributed by atoms with E-state index in [1.54, 1.807) is 14.2 Å². The molecular weight excluding hydrogens is 228 g/mol. The van der Waals surface area contributed by atoms with Crippen LogP contribution in [0, 0.1) is 6.92 Å². The minimum absolute atomic E-state index is 0.510. The Balaban J connectivity index is 2.70. The van der Waals surface area contributed by atoms with Gasteiger partial charge in [-0.05, 0) is 30.7 Å². The van der Waals surface area contributed by atoms with Crippen molar-refractivity contribution in [3.05, 3.63) is 29.5 Å². The molecule has 0 aliphatic rings. The van der Waals surface area contributed by atoms with Crippen LogP contribution in [0.15, 0.2) is 18.2 Å². The highest BCUT2D eigenvalue weighted by Gasteiger charge is 2.09. The van der Waals surface area contributed by atoms with E-state index >= 15 is 0 Å². The van der Waals surface area contributed by atoms with Crippen molar-refractivity contribution in [1.82, 2.24) is 4.98 Å². The van der Waals surface area contributed by atoms with Gasteiger partial charge in [0.1, 0.15) is 5.75 Å². The number of hydrogen-bond donors (Lipinski definition) is 1. The summed E-state index contributed by atoms with van der Waals surface area (Å²) in [6.07, 6.45) is 0. The molecule has 1 aromatic heterocycles. The summed E-state index contributed by atoms with van der Waals surface area (Å²) in [5.74, 6) is 0.845. The zero-order valence-electron chi connectivity index (χ0n) is 11.2. The average molecular weight is 246 g/mol. The quantitative estimate of drug-likeness (QED) is 0.900. The van der Waals surface area contributed by atoms with Gasteiger partial charge in [0.25, 0.3) is 0 Å². The van der Waals surface area contributed by atoms with Gasteiger partial charge in [0.2, 0.25) is 0 Å². The number of methoxy groups -OCH3 is 2. The molecule has 1 heterocycles. The van der Waals surface area contributed by atoms with Gasteiger partial charge in [-0.15, -0.1) is 0 Å². The maximum Gasteiger partial charge on any atom is 0.119 e. The lowest BCUT2D eigenvalue weighted by Gasteiger charge is -2.12. The predicted molar refractivity (Wildman–Crippen MR) is 73.3 cm³/mol. The van der Waals surface area contributed by atoms with Crippen LogP contribution in [-0.2, 0) is 11.3 Å². The highest BCUT2D eigenvalue weighted by atomic mass is 16.5. The van der Waals surface area contributed by atoms with Crippen LogP contribution in [0.25, 0.3) is 10.9 Å². The molecule has 1 N–H and O–H groups in total. The van der Waals surface area contributed by atoms with Crippen LogP contribution >= 0.6 is 0 Å². The van der Waals surface area contributed by atoms with Crippen LogP contribution in [0.4, 0.5) is 5.69 Å². The fourth-order valence-corrected chi connectivity index (χ4v) is 2.07. The van der Waals surface area contributed by atoms with Crippen molar-refractivity contribution in [1.29, 1.82) is 0 Å². The Morgan fingerprint density at radius 2 is 2.00 bits per heavy atom. The first-order valence-corrected chi connectivity index (χ1v) is 5.84. The number of aryl methyl sites for hydroxylation is 1. The zero-order chi connectivity index (χ0) is 13.1. The molecule has 18 heavy (non-hydrogen) atoms. The highest BCUT2D eigenvalue weighted by Crippen LogP contribution is 2.29. The fourth-order valence-electron chi connectivity index (χ4n) is 2.07. The smallest absolute Gasteiger partial charge is 0.119 e. The van der Waals surface area contributed by atoms with Gasteiger partial charge in [-0.3, -0.25) is 0 Å². The summed E-state index contributed by atoms with van der Waals surface area (Å²) < 4.78 is 10.4. The van der Waals surface area contributed by atoms with Crippen molar-refractivity contribution in [2.75, 3.05) is 26.6 Å². The van der Waals surface area contributed by atoms with E-state index in [2.05, 4.69) is 10.3 Å². The van der Waals surface area contributed by atoms with Crippen LogP contribution in [-0.4, -0.2) is 26.3 Å². The summed E-state index contributed by atoms with van der Waals surface area (Å²) in [6, 6.07) is 5.99. The van der Waals surface area contributed by atoms with Crippen molar-refractivity contribution in [2.45, 2.75) is 13.5 Å². The molecule has 0 fully saturated rings. The molecule has 96 valence electrons. The number of benzene rings is 1. The maximum absolute atomic E-state index is 5.30. The van der Waals surface area contributed by atoms with Crippen molar-refractivity contribution < 1.29 is 9.47 Å². The number of anilines is 1. The predicted octanol–water partition coefficient (Wildman–Crippen LogP) is 2.74. The van der Waals surface area contributed by atoms with Crippen molar-refractivity contribution in [3.8, 4) is 5.75 Å². The Bertz CT molecular complexity index is 567. The number of aromatic nitrogens is 1.